The van der Waals surface area contributed by atoms with Gasteiger partial charge in [0.25, 0.3) is 0 Å². The molecule has 3 unspecified atom stereocenters. The van der Waals surface area contributed by atoms with Crippen molar-refractivity contribution in [1.29, 1.82) is 0 Å². The van der Waals surface area contributed by atoms with Gasteiger partial charge >= 0.3 is 0 Å². The van der Waals surface area contributed by atoms with E-state index >= 15 is 0 Å². The van der Waals surface area contributed by atoms with Crippen LogP contribution < -0.4 is 10.1 Å². The van der Waals surface area contributed by atoms with Crippen LogP contribution in [0.25, 0.3) is 0 Å². The van der Waals surface area contributed by atoms with Crippen molar-refractivity contribution < 1.29 is 9.13 Å². The van der Waals surface area contributed by atoms with E-state index in [0.717, 1.165) is 12.8 Å². The van der Waals surface area contributed by atoms with Crippen molar-refractivity contribution in [3.63, 3.8) is 0 Å². The first-order valence-corrected chi connectivity index (χ1v) is 6.68. The molecule has 0 aromatic heterocycles. The Bertz CT molecular complexity index is 440. The number of benzene rings is 1. The predicted molar refractivity (Wildman–Crippen MR) is 71.7 cm³/mol. The van der Waals surface area contributed by atoms with Gasteiger partial charge in [-0.1, -0.05) is 31.5 Å². The lowest BCUT2D eigenvalue weighted by atomic mass is 9.61. The van der Waals surface area contributed by atoms with Crippen LogP contribution in [0.1, 0.15) is 26.7 Å². The van der Waals surface area contributed by atoms with Crippen molar-refractivity contribution in [3.05, 3.63) is 29.0 Å². The lowest BCUT2D eigenvalue weighted by Crippen LogP contribution is -2.62. The molecule has 1 aromatic carbocycles. The second-order valence-corrected chi connectivity index (χ2v) is 5.50. The highest BCUT2D eigenvalue weighted by Gasteiger charge is 2.51. The van der Waals surface area contributed by atoms with Crippen molar-refractivity contribution in [3.8, 4) is 5.75 Å². The first-order chi connectivity index (χ1) is 8.52. The Kier molecular flexibility index (Phi) is 3.83. The normalized spacial score (nSPS) is 30.9. The van der Waals surface area contributed by atoms with E-state index < -0.39 is 5.82 Å². The minimum absolute atomic E-state index is 0.0351. The largest absolute Gasteiger partial charge is 0.487 e. The summed E-state index contributed by atoms with van der Waals surface area (Å²) in [5, 5.41) is 3.39. The van der Waals surface area contributed by atoms with Gasteiger partial charge in [-0.25, -0.2) is 4.39 Å². The minimum Gasteiger partial charge on any atom is -0.487 e. The maximum absolute atomic E-state index is 13.8. The highest BCUT2D eigenvalue weighted by atomic mass is 35.5. The number of hydrogen-bond donors (Lipinski definition) is 1. The van der Waals surface area contributed by atoms with Crippen LogP contribution in [0.3, 0.4) is 0 Å². The molecule has 100 valence electrons. The molecule has 1 aromatic rings. The summed E-state index contributed by atoms with van der Waals surface area (Å²) >= 11 is 5.75. The van der Waals surface area contributed by atoms with Crippen molar-refractivity contribution in [1.82, 2.24) is 5.32 Å². The second kappa shape index (κ2) is 5.06. The molecule has 2 nitrogen and oxygen atoms in total. The molecule has 0 saturated heterocycles. The van der Waals surface area contributed by atoms with Gasteiger partial charge in [0.2, 0.25) is 0 Å². The van der Waals surface area contributed by atoms with Crippen LogP contribution in [0.15, 0.2) is 18.2 Å². The molecule has 1 saturated carbocycles. The standard InChI is InChI=1S/C14H19ClFNO/c1-4-14(2)11(17-3)8-12(14)18-10-7-5-6-9(15)13(10)16/h5-7,11-12,17H,4,8H2,1-3H3. The maximum Gasteiger partial charge on any atom is 0.183 e. The van der Waals surface area contributed by atoms with Gasteiger partial charge in [0.1, 0.15) is 6.10 Å². The summed E-state index contributed by atoms with van der Waals surface area (Å²) in [7, 11) is 1.95. The molecule has 0 radical (unpaired) electrons. The predicted octanol–water partition coefficient (Wildman–Crippen LogP) is 3.63. The van der Waals surface area contributed by atoms with E-state index in [-0.39, 0.29) is 22.3 Å². The summed E-state index contributed by atoms with van der Waals surface area (Å²) in [6.07, 6.45) is 1.92. The number of ether oxygens (including phenoxy) is 1. The van der Waals surface area contributed by atoms with Crippen LogP contribution >= 0.6 is 11.6 Å². The van der Waals surface area contributed by atoms with Gasteiger partial charge in [0.05, 0.1) is 5.02 Å². The van der Waals surface area contributed by atoms with Crippen LogP contribution in [-0.2, 0) is 0 Å². The molecule has 0 aliphatic heterocycles. The molecule has 0 spiro atoms. The molecular formula is C14H19ClFNO. The van der Waals surface area contributed by atoms with Gasteiger partial charge in [0, 0.05) is 17.9 Å². The Morgan fingerprint density at radius 1 is 1.56 bits per heavy atom. The lowest BCUT2D eigenvalue weighted by molar-refractivity contribution is -0.0692. The van der Waals surface area contributed by atoms with E-state index in [4.69, 9.17) is 16.3 Å². The lowest BCUT2D eigenvalue weighted by Gasteiger charge is -2.53. The van der Waals surface area contributed by atoms with Crippen molar-refractivity contribution in [2.75, 3.05) is 7.05 Å². The molecular weight excluding hydrogens is 253 g/mol. The minimum atomic E-state index is -0.467. The van der Waals surface area contributed by atoms with Crippen LogP contribution in [0, 0.1) is 11.2 Å². The molecule has 1 aliphatic rings. The van der Waals surface area contributed by atoms with Crippen molar-refractivity contribution in [2.24, 2.45) is 5.41 Å². The van der Waals surface area contributed by atoms with Gasteiger partial charge in [0.15, 0.2) is 11.6 Å². The topological polar surface area (TPSA) is 21.3 Å². The average Bonchev–Trinajstić information content (AvgIpc) is 2.37. The van der Waals surface area contributed by atoms with Crippen LogP contribution in [0.5, 0.6) is 5.75 Å². The third-order valence-electron chi connectivity index (χ3n) is 4.28. The SMILES string of the molecule is CCC1(C)C(NC)CC1Oc1cccc(Cl)c1F. The Balaban J connectivity index is 2.14. The summed E-state index contributed by atoms with van der Waals surface area (Å²) in [5.41, 5.74) is 0.0451. The number of halogens is 2. The van der Waals surface area contributed by atoms with Gasteiger partial charge in [-0.3, -0.25) is 0 Å². The molecule has 4 heteroatoms. The zero-order valence-corrected chi connectivity index (χ0v) is 11.7. The molecule has 0 amide bonds. The summed E-state index contributed by atoms with van der Waals surface area (Å²) in [5.74, 6) is -0.216. The van der Waals surface area contributed by atoms with Gasteiger partial charge in [-0.05, 0) is 25.6 Å². The first-order valence-electron chi connectivity index (χ1n) is 6.30. The van der Waals surface area contributed by atoms with Crippen LogP contribution in [0.2, 0.25) is 5.02 Å². The quantitative estimate of drug-likeness (QED) is 0.903. The second-order valence-electron chi connectivity index (χ2n) is 5.09. The van der Waals surface area contributed by atoms with Crippen molar-refractivity contribution >= 4 is 11.6 Å². The third-order valence-corrected chi connectivity index (χ3v) is 4.57. The fourth-order valence-corrected chi connectivity index (χ4v) is 2.81. The Morgan fingerprint density at radius 2 is 2.28 bits per heavy atom. The number of hydrogen-bond acceptors (Lipinski definition) is 2. The fourth-order valence-electron chi connectivity index (χ4n) is 2.65. The Labute approximate surface area is 112 Å². The molecule has 1 N–H and O–H groups in total. The third kappa shape index (κ3) is 2.10. The zero-order valence-electron chi connectivity index (χ0n) is 11.0. The molecule has 1 fully saturated rings. The van der Waals surface area contributed by atoms with E-state index in [1.54, 1.807) is 12.1 Å². The Hall–Kier alpha value is -0.800. The summed E-state index contributed by atoms with van der Waals surface area (Å²) in [6.45, 7) is 4.30. The molecule has 18 heavy (non-hydrogen) atoms. The van der Waals surface area contributed by atoms with E-state index in [0.29, 0.717) is 6.04 Å². The van der Waals surface area contributed by atoms with Crippen LogP contribution in [0.4, 0.5) is 4.39 Å². The monoisotopic (exact) mass is 271 g/mol. The maximum atomic E-state index is 13.8. The fraction of sp³-hybridized carbons (Fsp3) is 0.571. The van der Waals surface area contributed by atoms with E-state index in [1.165, 1.54) is 6.07 Å². The summed E-state index contributed by atoms with van der Waals surface area (Å²) in [6, 6.07) is 5.29. The molecule has 0 bridgehead atoms. The summed E-state index contributed by atoms with van der Waals surface area (Å²) in [4.78, 5) is 0. The smallest absolute Gasteiger partial charge is 0.183 e. The highest BCUT2D eigenvalue weighted by molar-refractivity contribution is 6.30. The summed E-state index contributed by atoms with van der Waals surface area (Å²) < 4.78 is 19.6. The number of rotatable bonds is 4. The first kappa shape index (κ1) is 13.6. The van der Waals surface area contributed by atoms with Crippen molar-refractivity contribution in [2.45, 2.75) is 38.8 Å². The van der Waals surface area contributed by atoms with Crippen LogP contribution in [-0.4, -0.2) is 19.2 Å². The van der Waals surface area contributed by atoms with E-state index in [2.05, 4.69) is 19.2 Å². The van der Waals surface area contributed by atoms with Gasteiger partial charge in [-0.15, -0.1) is 0 Å². The van der Waals surface area contributed by atoms with Gasteiger partial charge < -0.3 is 10.1 Å². The number of nitrogens with one attached hydrogen (secondary N) is 1. The Morgan fingerprint density at radius 3 is 2.89 bits per heavy atom. The van der Waals surface area contributed by atoms with Gasteiger partial charge in [-0.2, -0.15) is 0 Å². The highest BCUT2D eigenvalue weighted by Crippen LogP contribution is 2.46. The molecule has 0 heterocycles. The van der Waals surface area contributed by atoms with E-state index in [1.807, 2.05) is 7.05 Å². The molecule has 3 atom stereocenters. The molecule has 1 aliphatic carbocycles. The van der Waals surface area contributed by atoms with E-state index in [9.17, 15) is 4.39 Å². The zero-order chi connectivity index (χ0) is 13.3. The molecule has 2 rings (SSSR count). The average molecular weight is 272 g/mol.